The molecule has 0 amide bonds. The third-order valence-electron chi connectivity index (χ3n) is 2.85. The summed E-state index contributed by atoms with van der Waals surface area (Å²) in [5.41, 5.74) is 2.81. The van der Waals surface area contributed by atoms with Gasteiger partial charge in [-0.15, -0.1) is 11.6 Å². The quantitative estimate of drug-likeness (QED) is 0.784. The molecule has 19 heavy (non-hydrogen) atoms. The van der Waals surface area contributed by atoms with Crippen LogP contribution in [0.4, 0.5) is 15.8 Å². The Morgan fingerprint density at radius 1 is 1.21 bits per heavy atom. The highest BCUT2D eigenvalue weighted by Crippen LogP contribution is 2.26. The molecule has 0 N–H and O–H groups in total. The monoisotopic (exact) mass is 274 g/mol. The highest BCUT2D eigenvalue weighted by atomic mass is 35.5. The van der Waals surface area contributed by atoms with Gasteiger partial charge in [-0.1, -0.05) is 6.07 Å². The van der Waals surface area contributed by atoms with E-state index in [4.69, 9.17) is 16.9 Å². The number of hydrogen-bond donors (Lipinski definition) is 0. The largest absolute Gasteiger partial charge is 0.344 e. The lowest BCUT2D eigenvalue weighted by atomic mass is 10.1. The van der Waals surface area contributed by atoms with Gasteiger partial charge < -0.3 is 4.90 Å². The molecule has 0 fully saturated rings. The van der Waals surface area contributed by atoms with E-state index < -0.39 is 0 Å². The minimum atomic E-state index is -0.323. The molecule has 0 aliphatic carbocycles. The molecule has 4 heteroatoms. The number of nitrogens with zero attached hydrogens (tertiary/aromatic N) is 2. The summed E-state index contributed by atoms with van der Waals surface area (Å²) in [6, 6.07) is 13.9. The van der Waals surface area contributed by atoms with Crippen LogP contribution in [0.2, 0.25) is 0 Å². The van der Waals surface area contributed by atoms with E-state index in [1.807, 2.05) is 24.1 Å². The summed E-state index contributed by atoms with van der Waals surface area (Å²) in [5.74, 6) is -0.0620. The molecule has 0 unspecified atom stereocenters. The first kappa shape index (κ1) is 13.4. The topological polar surface area (TPSA) is 27.0 Å². The van der Waals surface area contributed by atoms with Crippen LogP contribution in [0.3, 0.4) is 0 Å². The van der Waals surface area contributed by atoms with E-state index in [0.717, 1.165) is 11.3 Å². The Morgan fingerprint density at radius 2 is 2.00 bits per heavy atom. The maximum atomic E-state index is 13.5. The third kappa shape index (κ3) is 3.04. The number of alkyl halides is 1. The van der Waals surface area contributed by atoms with Crippen molar-refractivity contribution in [1.29, 1.82) is 5.26 Å². The van der Waals surface area contributed by atoms with Crippen molar-refractivity contribution in [2.24, 2.45) is 0 Å². The molecule has 2 aromatic carbocycles. The second-order valence-electron chi connectivity index (χ2n) is 4.17. The number of rotatable bonds is 3. The van der Waals surface area contributed by atoms with Crippen LogP contribution in [-0.4, -0.2) is 7.05 Å². The minimum absolute atomic E-state index is 0.261. The number of anilines is 2. The normalized spacial score (nSPS) is 10.0. The van der Waals surface area contributed by atoms with E-state index in [-0.39, 0.29) is 11.7 Å². The van der Waals surface area contributed by atoms with Gasteiger partial charge >= 0.3 is 0 Å². The first-order chi connectivity index (χ1) is 9.13. The zero-order chi connectivity index (χ0) is 13.8. The molecule has 0 aliphatic rings. The summed E-state index contributed by atoms with van der Waals surface area (Å²) < 4.78 is 13.5. The number of hydrogen-bond acceptors (Lipinski definition) is 2. The van der Waals surface area contributed by atoms with E-state index in [0.29, 0.717) is 11.3 Å². The molecule has 0 atom stereocenters. The van der Waals surface area contributed by atoms with Gasteiger partial charge in [-0.05, 0) is 42.0 Å². The van der Waals surface area contributed by atoms with Crippen LogP contribution in [0.25, 0.3) is 0 Å². The molecule has 0 spiro atoms. The van der Waals surface area contributed by atoms with Gasteiger partial charge in [0.05, 0.1) is 11.6 Å². The van der Waals surface area contributed by atoms with E-state index in [1.165, 1.54) is 12.1 Å². The Balaban J connectivity index is 2.40. The standard InChI is InChI=1S/C15H12ClFN2/c1-19(14-4-2-3-11(6-14)10-18)15-7-12(9-16)5-13(17)8-15/h2-8H,9H2,1H3. The van der Waals surface area contributed by atoms with Crippen molar-refractivity contribution in [3.05, 3.63) is 59.4 Å². The van der Waals surface area contributed by atoms with Gasteiger partial charge in [0.15, 0.2) is 0 Å². The van der Waals surface area contributed by atoms with Gasteiger partial charge in [-0.25, -0.2) is 4.39 Å². The van der Waals surface area contributed by atoms with Crippen molar-refractivity contribution in [2.45, 2.75) is 5.88 Å². The second-order valence-corrected chi connectivity index (χ2v) is 4.44. The Labute approximate surface area is 116 Å². The van der Waals surface area contributed by atoms with E-state index in [9.17, 15) is 4.39 Å². The van der Waals surface area contributed by atoms with Gasteiger partial charge in [0.2, 0.25) is 0 Å². The predicted molar refractivity (Wildman–Crippen MR) is 75.2 cm³/mol. The third-order valence-corrected chi connectivity index (χ3v) is 3.16. The average molecular weight is 275 g/mol. The maximum absolute atomic E-state index is 13.5. The molecular formula is C15H12ClFN2. The summed E-state index contributed by atoms with van der Waals surface area (Å²) in [5, 5.41) is 8.89. The molecular weight excluding hydrogens is 263 g/mol. The lowest BCUT2D eigenvalue weighted by Crippen LogP contribution is -2.10. The highest BCUT2D eigenvalue weighted by Gasteiger charge is 2.07. The molecule has 2 rings (SSSR count). The Morgan fingerprint density at radius 3 is 2.68 bits per heavy atom. The molecule has 0 saturated heterocycles. The van der Waals surface area contributed by atoms with Crippen molar-refractivity contribution in [3.63, 3.8) is 0 Å². The molecule has 0 bridgehead atoms. The fraction of sp³-hybridized carbons (Fsp3) is 0.133. The van der Waals surface area contributed by atoms with Crippen LogP contribution in [0, 0.1) is 17.1 Å². The van der Waals surface area contributed by atoms with Crippen LogP contribution in [-0.2, 0) is 5.88 Å². The molecule has 2 aromatic rings. The van der Waals surface area contributed by atoms with E-state index in [2.05, 4.69) is 6.07 Å². The Kier molecular flexibility index (Phi) is 4.03. The second kappa shape index (κ2) is 5.73. The first-order valence-corrected chi connectivity index (χ1v) is 6.27. The SMILES string of the molecule is CN(c1cccc(C#N)c1)c1cc(F)cc(CCl)c1. The summed E-state index contributed by atoms with van der Waals surface area (Å²) in [6.07, 6.45) is 0. The Bertz CT molecular complexity index is 634. The number of nitriles is 1. The van der Waals surface area contributed by atoms with E-state index >= 15 is 0 Å². The Hall–Kier alpha value is -2.05. The summed E-state index contributed by atoms with van der Waals surface area (Å²) in [4.78, 5) is 1.82. The van der Waals surface area contributed by atoms with E-state index in [1.54, 1.807) is 18.2 Å². The summed E-state index contributed by atoms with van der Waals surface area (Å²) in [6.45, 7) is 0. The molecule has 0 radical (unpaired) electrons. The van der Waals surface area contributed by atoms with Gasteiger partial charge in [0, 0.05) is 24.3 Å². The van der Waals surface area contributed by atoms with Crippen molar-refractivity contribution in [1.82, 2.24) is 0 Å². The fourth-order valence-corrected chi connectivity index (χ4v) is 1.99. The first-order valence-electron chi connectivity index (χ1n) is 5.73. The summed E-state index contributed by atoms with van der Waals surface area (Å²) in [7, 11) is 1.82. The zero-order valence-electron chi connectivity index (χ0n) is 10.4. The molecule has 0 saturated carbocycles. The molecule has 2 nitrogen and oxygen atoms in total. The summed E-state index contributed by atoms with van der Waals surface area (Å²) >= 11 is 5.74. The van der Waals surface area contributed by atoms with Crippen molar-refractivity contribution < 1.29 is 4.39 Å². The van der Waals surface area contributed by atoms with Crippen LogP contribution >= 0.6 is 11.6 Å². The molecule has 0 aliphatic heterocycles. The smallest absolute Gasteiger partial charge is 0.125 e. The van der Waals surface area contributed by atoms with Crippen LogP contribution in [0.15, 0.2) is 42.5 Å². The number of benzene rings is 2. The van der Waals surface area contributed by atoms with Crippen molar-refractivity contribution >= 4 is 23.0 Å². The van der Waals surface area contributed by atoms with Gasteiger partial charge in [-0.2, -0.15) is 5.26 Å². The molecule has 96 valence electrons. The van der Waals surface area contributed by atoms with Crippen LogP contribution in [0.5, 0.6) is 0 Å². The van der Waals surface area contributed by atoms with Gasteiger partial charge in [-0.3, -0.25) is 0 Å². The molecule has 0 aromatic heterocycles. The lowest BCUT2D eigenvalue weighted by Gasteiger charge is -2.20. The highest BCUT2D eigenvalue weighted by molar-refractivity contribution is 6.17. The van der Waals surface area contributed by atoms with Crippen molar-refractivity contribution in [2.75, 3.05) is 11.9 Å². The van der Waals surface area contributed by atoms with Gasteiger partial charge in [0.1, 0.15) is 5.82 Å². The van der Waals surface area contributed by atoms with Crippen LogP contribution in [0.1, 0.15) is 11.1 Å². The van der Waals surface area contributed by atoms with Crippen LogP contribution < -0.4 is 4.90 Å². The maximum Gasteiger partial charge on any atom is 0.125 e. The van der Waals surface area contributed by atoms with Gasteiger partial charge in [0.25, 0.3) is 0 Å². The number of halogens is 2. The fourth-order valence-electron chi connectivity index (χ4n) is 1.84. The molecule has 0 heterocycles. The minimum Gasteiger partial charge on any atom is -0.344 e. The predicted octanol–water partition coefficient (Wildman–Crippen LogP) is 4.20. The lowest BCUT2D eigenvalue weighted by molar-refractivity contribution is 0.626. The average Bonchev–Trinajstić information content (AvgIpc) is 2.45. The van der Waals surface area contributed by atoms with Crippen molar-refractivity contribution in [3.8, 4) is 6.07 Å². The zero-order valence-corrected chi connectivity index (χ0v) is 11.2.